The van der Waals surface area contributed by atoms with Crippen LogP contribution in [0.15, 0.2) is 46.9 Å². The van der Waals surface area contributed by atoms with E-state index in [2.05, 4.69) is 26.9 Å². The average Bonchev–Trinajstić information content (AvgIpc) is 2.47. The third-order valence-electron chi connectivity index (χ3n) is 3.24. The summed E-state index contributed by atoms with van der Waals surface area (Å²) < 4.78 is 6.35. The molecule has 0 spiro atoms. The van der Waals surface area contributed by atoms with Crippen LogP contribution in [0.2, 0.25) is 0 Å². The molecule has 0 bridgehead atoms. The first kappa shape index (κ1) is 15.8. The summed E-state index contributed by atoms with van der Waals surface area (Å²) in [6, 6.07) is 13.9. The van der Waals surface area contributed by atoms with E-state index < -0.39 is 0 Å². The topological polar surface area (TPSA) is 38.5 Å². The predicted octanol–water partition coefficient (Wildman–Crippen LogP) is 3.73. The van der Waals surface area contributed by atoms with Crippen molar-refractivity contribution < 1.29 is 4.74 Å². The summed E-state index contributed by atoms with van der Waals surface area (Å²) in [7, 11) is 3.72. The quantitative estimate of drug-likeness (QED) is 0.820. The number of halogens is 1. The molecule has 0 saturated heterocycles. The number of hydrogen-bond acceptors (Lipinski definition) is 3. The molecule has 0 aromatic heterocycles. The van der Waals surface area contributed by atoms with Crippen molar-refractivity contribution in [3.63, 3.8) is 0 Å². The Kier molecular flexibility index (Phi) is 5.20. The zero-order valence-corrected chi connectivity index (χ0v) is 14.4. The Morgan fingerprint density at radius 1 is 1.29 bits per heavy atom. The van der Waals surface area contributed by atoms with Gasteiger partial charge in [-0.15, -0.1) is 0 Å². The van der Waals surface area contributed by atoms with E-state index in [1.165, 1.54) is 0 Å². The molecule has 0 amide bonds. The molecule has 0 heterocycles. The van der Waals surface area contributed by atoms with Crippen LogP contribution in [0.5, 0.6) is 5.75 Å². The molecule has 0 aliphatic rings. The second-order valence-electron chi connectivity index (χ2n) is 4.70. The number of hydrogen-bond donors (Lipinski definition) is 1. The van der Waals surface area contributed by atoms with Gasteiger partial charge in [0, 0.05) is 29.2 Å². The molecular formula is C16H17BrN2OS. The van der Waals surface area contributed by atoms with Crippen molar-refractivity contribution in [2.45, 2.75) is 6.54 Å². The maximum atomic E-state index is 5.65. The SMILES string of the molecule is COc1ccccc1CN(C)c1ccc(C(N)=S)cc1Br. The number of benzene rings is 2. The average molecular weight is 365 g/mol. The van der Waals surface area contributed by atoms with Crippen molar-refractivity contribution in [2.75, 3.05) is 19.1 Å². The smallest absolute Gasteiger partial charge is 0.123 e. The third kappa shape index (κ3) is 3.74. The highest BCUT2D eigenvalue weighted by Gasteiger charge is 2.10. The standard InChI is InChI=1S/C16H17BrN2OS/c1-19(10-12-5-3-4-6-15(12)20-2)14-8-7-11(16(18)21)9-13(14)17/h3-9H,10H2,1-2H3,(H2,18,21). The Balaban J connectivity index is 2.24. The number of para-hydroxylation sites is 1. The lowest BCUT2D eigenvalue weighted by molar-refractivity contribution is 0.409. The Hall–Kier alpha value is -1.59. The van der Waals surface area contributed by atoms with Crippen molar-refractivity contribution in [3.05, 3.63) is 58.1 Å². The van der Waals surface area contributed by atoms with E-state index in [-0.39, 0.29) is 0 Å². The van der Waals surface area contributed by atoms with Crippen molar-refractivity contribution in [1.82, 2.24) is 0 Å². The molecule has 0 saturated carbocycles. The molecule has 2 N–H and O–H groups in total. The van der Waals surface area contributed by atoms with Gasteiger partial charge in [-0.25, -0.2) is 0 Å². The van der Waals surface area contributed by atoms with Crippen molar-refractivity contribution >= 4 is 38.8 Å². The predicted molar refractivity (Wildman–Crippen MR) is 95.1 cm³/mol. The van der Waals surface area contributed by atoms with E-state index in [0.29, 0.717) is 4.99 Å². The molecule has 2 aromatic carbocycles. The van der Waals surface area contributed by atoms with Crippen LogP contribution in [0.3, 0.4) is 0 Å². The van der Waals surface area contributed by atoms with Gasteiger partial charge in [-0.2, -0.15) is 0 Å². The van der Waals surface area contributed by atoms with E-state index >= 15 is 0 Å². The van der Waals surface area contributed by atoms with Gasteiger partial charge in [-0.05, 0) is 40.2 Å². The molecule has 0 aliphatic heterocycles. The molecule has 0 unspecified atom stereocenters. The second kappa shape index (κ2) is 6.91. The van der Waals surface area contributed by atoms with E-state index in [0.717, 1.165) is 33.6 Å². The van der Waals surface area contributed by atoms with E-state index in [4.69, 9.17) is 22.7 Å². The lowest BCUT2D eigenvalue weighted by Gasteiger charge is -2.22. The zero-order valence-electron chi connectivity index (χ0n) is 12.0. The normalized spacial score (nSPS) is 10.2. The molecular weight excluding hydrogens is 348 g/mol. The number of methoxy groups -OCH3 is 1. The fourth-order valence-corrected chi connectivity index (χ4v) is 2.95. The van der Waals surface area contributed by atoms with Crippen LogP contribution < -0.4 is 15.4 Å². The first-order chi connectivity index (χ1) is 10.0. The first-order valence-electron chi connectivity index (χ1n) is 6.45. The van der Waals surface area contributed by atoms with E-state index in [1.807, 2.05) is 43.4 Å². The summed E-state index contributed by atoms with van der Waals surface area (Å²) in [6.45, 7) is 0.745. The van der Waals surface area contributed by atoms with Crippen LogP contribution in [0, 0.1) is 0 Å². The molecule has 21 heavy (non-hydrogen) atoms. The number of nitrogens with two attached hydrogens (primary N) is 1. The zero-order chi connectivity index (χ0) is 15.4. The van der Waals surface area contributed by atoms with Gasteiger partial charge in [0.15, 0.2) is 0 Å². The summed E-state index contributed by atoms with van der Waals surface area (Å²) in [4.78, 5) is 2.54. The largest absolute Gasteiger partial charge is 0.496 e. The van der Waals surface area contributed by atoms with E-state index in [1.54, 1.807) is 7.11 Å². The number of rotatable bonds is 5. The van der Waals surface area contributed by atoms with Crippen LogP contribution in [0.1, 0.15) is 11.1 Å². The maximum Gasteiger partial charge on any atom is 0.123 e. The van der Waals surface area contributed by atoms with Crippen molar-refractivity contribution in [1.29, 1.82) is 0 Å². The Morgan fingerprint density at radius 3 is 2.62 bits per heavy atom. The van der Waals surface area contributed by atoms with Crippen LogP contribution in [0.25, 0.3) is 0 Å². The van der Waals surface area contributed by atoms with Gasteiger partial charge in [0.25, 0.3) is 0 Å². The lowest BCUT2D eigenvalue weighted by Crippen LogP contribution is -2.18. The molecule has 110 valence electrons. The van der Waals surface area contributed by atoms with Gasteiger partial charge in [0.05, 0.1) is 12.8 Å². The van der Waals surface area contributed by atoms with Crippen molar-refractivity contribution in [3.8, 4) is 5.75 Å². The van der Waals surface area contributed by atoms with Crippen LogP contribution in [0.4, 0.5) is 5.69 Å². The fraction of sp³-hybridized carbons (Fsp3) is 0.188. The Morgan fingerprint density at radius 2 is 2.00 bits per heavy atom. The lowest BCUT2D eigenvalue weighted by atomic mass is 10.1. The van der Waals surface area contributed by atoms with Crippen molar-refractivity contribution in [2.24, 2.45) is 5.73 Å². The number of ether oxygens (including phenoxy) is 1. The molecule has 2 rings (SSSR count). The molecule has 0 fully saturated rings. The van der Waals surface area contributed by atoms with Gasteiger partial charge in [-0.1, -0.05) is 30.4 Å². The van der Waals surface area contributed by atoms with Gasteiger partial charge in [0.1, 0.15) is 10.7 Å². The highest BCUT2D eigenvalue weighted by Crippen LogP contribution is 2.29. The molecule has 0 atom stereocenters. The molecule has 3 nitrogen and oxygen atoms in total. The number of thiocarbonyl (C=S) groups is 1. The highest BCUT2D eigenvalue weighted by molar-refractivity contribution is 9.10. The maximum absolute atomic E-state index is 5.65. The minimum atomic E-state index is 0.398. The van der Waals surface area contributed by atoms with Gasteiger partial charge >= 0.3 is 0 Å². The first-order valence-corrected chi connectivity index (χ1v) is 7.65. The molecule has 5 heteroatoms. The highest BCUT2D eigenvalue weighted by atomic mass is 79.9. The summed E-state index contributed by atoms with van der Waals surface area (Å²) in [5.74, 6) is 0.889. The Bertz CT molecular complexity index is 660. The third-order valence-corrected chi connectivity index (χ3v) is 4.11. The van der Waals surface area contributed by atoms with Crippen LogP contribution in [-0.2, 0) is 6.54 Å². The summed E-state index contributed by atoms with van der Waals surface area (Å²) in [6.07, 6.45) is 0. The monoisotopic (exact) mass is 364 g/mol. The van der Waals surface area contributed by atoms with Crippen LogP contribution in [-0.4, -0.2) is 19.1 Å². The van der Waals surface area contributed by atoms with Gasteiger partial charge in [-0.3, -0.25) is 0 Å². The fourth-order valence-electron chi connectivity index (χ4n) is 2.14. The van der Waals surface area contributed by atoms with Crippen LogP contribution >= 0.6 is 28.1 Å². The van der Waals surface area contributed by atoms with Gasteiger partial charge < -0.3 is 15.4 Å². The van der Waals surface area contributed by atoms with Gasteiger partial charge in [0.2, 0.25) is 0 Å². The number of nitrogens with zero attached hydrogens (tertiary/aromatic N) is 1. The summed E-state index contributed by atoms with van der Waals surface area (Å²) in [5, 5.41) is 0. The summed E-state index contributed by atoms with van der Waals surface area (Å²) >= 11 is 8.57. The summed E-state index contributed by atoms with van der Waals surface area (Å²) in [5.41, 5.74) is 8.71. The second-order valence-corrected chi connectivity index (χ2v) is 5.99. The minimum absolute atomic E-state index is 0.398. The molecule has 2 aromatic rings. The number of anilines is 1. The van der Waals surface area contributed by atoms with E-state index in [9.17, 15) is 0 Å². The Labute approximate surface area is 138 Å². The minimum Gasteiger partial charge on any atom is -0.496 e. The molecule has 0 radical (unpaired) electrons. The molecule has 0 aliphatic carbocycles.